The molecule has 0 bridgehead atoms. The topological polar surface area (TPSA) is 59.1 Å². The molecule has 6 nitrogen and oxygen atoms in total. The standard InChI is InChI=1S/C50H90N2O4/c1-3-5-7-9-11-13-15-17-19-21-23-25-27-29-33-37-47-55-49(53)39-43-52(46-45-51-41-35-31-32-36-42-51)44-40-50(54)56-48-38-34-30-28-26-24-22-20-18-16-14-12-10-8-6-4-2/h11-14,17-20H,3-10,15-16,21-48H2,1-2H3/b13-11-,14-12-,19-17-,20-18-. The number of allylic oxidation sites excluding steroid dienone is 8. The maximum atomic E-state index is 12.6. The number of esters is 2. The van der Waals surface area contributed by atoms with Gasteiger partial charge < -0.3 is 19.3 Å². The van der Waals surface area contributed by atoms with E-state index in [4.69, 9.17) is 9.47 Å². The molecule has 1 fully saturated rings. The molecule has 1 aliphatic rings. The third-order valence-corrected chi connectivity index (χ3v) is 10.9. The predicted molar refractivity (Wildman–Crippen MR) is 241 cm³/mol. The monoisotopic (exact) mass is 783 g/mol. The average Bonchev–Trinajstić information content (AvgIpc) is 3.49. The summed E-state index contributed by atoms with van der Waals surface area (Å²) in [6.07, 6.45) is 53.3. The van der Waals surface area contributed by atoms with E-state index in [0.29, 0.717) is 39.1 Å². The van der Waals surface area contributed by atoms with Crippen molar-refractivity contribution in [2.24, 2.45) is 0 Å². The molecule has 0 aliphatic carbocycles. The van der Waals surface area contributed by atoms with Crippen LogP contribution in [0.2, 0.25) is 0 Å². The van der Waals surface area contributed by atoms with Crippen LogP contribution >= 0.6 is 0 Å². The molecule has 0 amide bonds. The normalized spacial score (nSPS) is 14.3. The highest BCUT2D eigenvalue weighted by Gasteiger charge is 2.15. The molecular weight excluding hydrogens is 693 g/mol. The lowest BCUT2D eigenvalue weighted by Gasteiger charge is -2.26. The zero-order valence-corrected chi connectivity index (χ0v) is 37.0. The van der Waals surface area contributed by atoms with Gasteiger partial charge in [-0.15, -0.1) is 0 Å². The maximum Gasteiger partial charge on any atom is 0.307 e. The highest BCUT2D eigenvalue weighted by atomic mass is 16.5. The number of likely N-dealkylation sites (tertiary alicyclic amines) is 1. The summed E-state index contributed by atoms with van der Waals surface area (Å²) in [7, 11) is 0. The number of carbonyl (C=O) groups excluding carboxylic acids is 2. The summed E-state index contributed by atoms with van der Waals surface area (Å²) in [6, 6.07) is 0. The van der Waals surface area contributed by atoms with Crippen LogP contribution in [0.25, 0.3) is 0 Å². The van der Waals surface area contributed by atoms with E-state index in [1.807, 2.05) is 0 Å². The molecule has 1 aliphatic heterocycles. The number of nitrogens with zero attached hydrogens (tertiary/aromatic N) is 2. The highest BCUT2D eigenvalue weighted by molar-refractivity contribution is 5.70. The van der Waals surface area contributed by atoms with Crippen molar-refractivity contribution in [3.05, 3.63) is 48.6 Å². The Hall–Kier alpha value is -2.18. The molecule has 6 heteroatoms. The Morgan fingerprint density at radius 2 is 0.839 bits per heavy atom. The quantitative estimate of drug-likeness (QED) is 0.0352. The molecule has 0 saturated carbocycles. The Morgan fingerprint density at radius 3 is 1.25 bits per heavy atom. The van der Waals surface area contributed by atoms with Crippen molar-refractivity contribution in [3.63, 3.8) is 0 Å². The van der Waals surface area contributed by atoms with E-state index in [-0.39, 0.29) is 11.9 Å². The van der Waals surface area contributed by atoms with Crippen molar-refractivity contribution in [2.75, 3.05) is 52.5 Å². The second kappa shape index (κ2) is 42.4. The molecule has 324 valence electrons. The maximum absolute atomic E-state index is 12.6. The molecule has 1 saturated heterocycles. The summed E-state index contributed by atoms with van der Waals surface area (Å²) < 4.78 is 11.2. The zero-order valence-electron chi connectivity index (χ0n) is 37.0. The first-order valence-corrected chi connectivity index (χ1v) is 24.0. The van der Waals surface area contributed by atoms with Crippen LogP contribution in [0.5, 0.6) is 0 Å². The molecule has 1 heterocycles. The fraction of sp³-hybridized carbons (Fsp3) is 0.800. The Balaban J connectivity index is 2.14. The molecule has 56 heavy (non-hydrogen) atoms. The van der Waals surface area contributed by atoms with Crippen molar-refractivity contribution in [1.29, 1.82) is 0 Å². The summed E-state index contributed by atoms with van der Waals surface area (Å²) in [5.74, 6) is -0.236. The number of carbonyl (C=O) groups is 2. The minimum Gasteiger partial charge on any atom is -0.466 e. The minimum absolute atomic E-state index is 0.118. The summed E-state index contributed by atoms with van der Waals surface area (Å²) in [5, 5.41) is 0. The van der Waals surface area contributed by atoms with Gasteiger partial charge in [0, 0.05) is 26.2 Å². The molecule has 0 unspecified atom stereocenters. The summed E-state index contributed by atoms with van der Waals surface area (Å²) >= 11 is 0. The van der Waals surface area contributed by atoms with Crippen molar-refractivity contribution in [2.45, 2.75) is 206 Å². The Kier molecular flexibility index (Phi) is 39.3. The van der Waals surface area contributed by atoms with Gasteiger partial charge in [0.25, 0.3) is 0 Å². The van der Waals surface area contributed by atoms with Crippen molar-refractivity contribution < 1.29 is 19.1 Å². The van der Waals surface area contributed by atoms with Crippen molar-refractivity contribution in [1.82, 2.24) is 9.80 Å². The van der Waals surface area contributed by atoms with Gasteiger partial charge in [0.2, 0.25) is 0 Å². The third-order valence-electron chi connectivity index (χ3n) is 10.9. The third kappa shape index (κ3) is 37.4. The largest absolute Gasteiger partial charge is 0.466 e. The van der Waals surface area contributed by atoms with Crippen molar-refractivity contribution in [3.8, 4) is 0 Å². The van der Waals surface area contributed by atoms with Gasteiger partial charge in [-0.05, 0) is 103 Å². The molecule has 0 aromatic heterocycles. The van der Waals surface area contributed by atoms with Gasteiger partial charge in [0.05, 0.1) is 26.1 Å². The smallest absolute Gasteiger partial charge is 0.307 e. The lowest BCUT2D eigenvalue weighted by molar-refractivity contribution is -0.144. The first-order chi connectivity index (χ1) is 27.7. The highest BCUT2D eigenvalue weighted by Crippen LogP contribution is 2.12. The van der Waals surface area contributed by atoms with Crippen LogP contribution in [0.1, 0.15) is 206 Å². The molecule has 0 N–H and O–H groups in total. The summed E-state index contributed by atoms with van der Waals surface area (Å²) in [4.78, 5) is 30.1. The van der Waals surface area contributed by atoms with Crippen molar-refractivity contribution >= 4 is 11.9 Å². The first-order valence-electron chi connectivity index (χ1n) is 24.0. The molecule has 0 atom stereocenters. The van der Waals surface area contributed by atoms with E-state index in [0.717, 1.165) is 64.7 Å². The second-order valence-electron chi connectivity index (χ2n) is 16.2. The van der Waals surface area contributed by atoms with E-state index < -0.39 is 0 Å². The lowest BCUT2D eigenvalue weighted by atomic mass is 10.1. The van der Waals surface area contributed by atoms with Gasteiger partial charge in [-0.3, -0.25) is 9.59 Å². The second-order valence-corrected chi connectivity index (χ2v) is 16.2. The van der Waals surface area contributed by atoms with Gasteiger partial charge in [0.1, 0.15) is 0 Å². The van der Waals surface area contributed by atoms with E-state index in [1.54, 1.807) is 0 Å². The number of unbranched alkanes of at least 4 members (excludes halogenated alkanes) is 18. The van der Waals surface area contributed by atoms with Crippen LogP contribution < -0.4 is 0 Å². The lowest BCUT2D eigenvalue weighted by Crippen LogP contribution is -2.38. The minimum atomic E-state index is -0.118. The van der Waals surface area contributed by atoms with Gasteiger partial charge >= 0.3 is 11.9 Å². The molecule has 0 spiro atoms. The van der Waals surface area contributed by atoms with Crippen LogP contribution in [0, 0.1) is 0 Å². The number of hydrogen-bond donors (Lipinski definition) is 0. The molecule has 1 rings (SSSR count). The number of ether oxygens (including phenoxy) is 2. The Bertz CT molecular complexity index is 916. The van der Waals surface area contributed by atoms with E-state index >= 15 is 0 Å². The molecular formula is C50H90N2O4. The average molecular weight is 783 g/mol. The Labute approximate surface area is 347 Å². The van der Waals surface area contributed by atoms with Crippen LogP contribution in [0.15, 0.2) is 48.6 Å². The van der Waals surface area contributed by atoms with Crippen LogP contribution in [0.3, 0.4) is 0 Å². The predicted octanol–water partition coefficient (Wildman–Crippen LogP) is 13.7. The van der Waals surface area contributed by atoms with Crippen LogP contribution in [0.4, 0.5) is 0 Å². The fourth-order valence-electron chi connectivity index (χ4n) is 7.17. The number of rotatable bonds is 39. The number of hydrogen-bond acceptors (Lipinski definition) is 6. The zero-order chi connectivity index (χ0) is 40.3. The van der Waals surface area contributed by atoms with Gasteiger partial charge in [-0.25, -0.2) is 0 Å². The SMILES string of the molecule is CCCCC/C=C\C/C=C\CCCCCCCCOC(=O)CCN(CCC(=O)OCCCCCCCC/C=C\C/C=C\CCCCC)CCN1CCCCCC1. The van der Waals surface area contributed by atoms with E-state index in [9.17, 15) is 9.59 Å². The summed E-state index contributed by atoms with van der Waals surface area (Å²) in [6.45, 7) is 11.0. The molecule has 0 radical (unpaired) electrons. The van der Waals surface area contributed by atoms with E-state index in [1.165, 1.54) is 141 Å². The summed E-state index contributed by atoms with van der Waals surface area (Å²) in [5.41, 5.74) is 0. The van der Waals surface area contributed by atoms with Crippen LogP contribution in [-0.2, 0) is 19.1 Å². The van der Waals surface area contributed by atoms with Gasteiger partial charge in [-0.2, -0.15) is 0 Å². The Morgan fingerprint density at radius 1 is 0.464 bits per heavy atom. The fourth-order valence-corrected chi connectivity index (χ4v) is 7.17. The van der Waals surface area contributed by atoms with Gasteiger partial charge in [0.15, 0.2) is 0 Å². The van der Waals surface area contributed by atoms with E-state index in [2.05, 4.69) is 72.3 Å². The molecule has 0 aromatic rings. The van der Waals surface area contributed by atoms with Crippen LogP contribution in [-0.4, -0.2) is 74.2 Å². The first kappa shape index (κ1) is 51.8. The molecule has 0 aromatic carbocycles. The van der Waals surface area contributed by atoms with Gasteiger partial charge in [-0.1, -0.05) is 152 Å².